The maximum Gasteiger partial charge on any atom is 0.317 e. The Morgan fingerprint density at radius 2 is 2.20 bits per heavy atom. The number of nitrogens with one attached hydrogen (secondary N) is 2. The molecule has 2 saturated heterocycles. The number of aromatic amines is 1. The van der Waals surface area contributed by atoms with E-state index in [0.717, 1.165) is 30.4 Å². The van der Waals surface area contributed by atoms with Crippen molar-refractivity contribution in [2.24, 2.45) is 0 Å². The van der Waals surface area contributed by atoms with E-state index >= 15 is 0 Å². The Hall–Kier alpha value is -2.08. The lowest BCUT2D eigenvalue weighted by Crippen LogP contribution is -2.47. The molecule has 2 N–H and O–H groups in total. The van der Waals surface area contributed by atoms with E-state index in [1.165, 1.54) is 31.5 Å². The minimum absolute atomic E-state index is 0.0761. The van der Waals surface area contributed by atoms with E-state index in [4.69, 9.17) is 0 Å². The molecule has 6 nitrogen and oxygen atoms in total. The highest BCUT2D eigenvalue weighted by molar-refractivity contribution is 5.79. The number of rotatable bonds is 4. The van der Waals surface area contributed by atoms with Gasteiger partial charge in [-0.2, -0.15) is 0 Å². The molecule has 2 aliphatic heterocycles. The molecule has 0 saturated carbocycles. The van der Waals surface area contributed by atoms with Crippen LogP contribution in [0.15, 0.2) is 24.5 Å². The molecule has 2 amide bonds. The highest BCUT2D eigenvalue weighted by Crippen LogP contribution is 2.26. The van der Waals surface area contributed by atoms with Crippen molar-refractivity contribution in [1.82, 2.24) is 25.1 Å². The van der Waals surface area contributed by atoms with Crippen molar-refractivity contribution in [3.05, 3.63) is 30.1 Å². The standard InChI is InChI=1S/C19H27N5O/c1-14-17(23-10-2-3-11-23)7-12-24(14)19(25)21-9-6-15-13-22-18-16(15)5-4-8-20-18/h4-5,8,13-14,17H,2-3,6-7,9-12H2,1H3,(H,20,22)(H,21,25)/t14-,17+/m1/s1. The zero-order valence-corrected chi connectivity index (χ0v) is 14.9. The van der Waals surface area contributed by atoms with Crippen LogP contribution in [-0.2, 0) is 6.42 Å². The molecule has 0 radical (unpaired) electrons. The van der Waals surface area contributed by atoms with Gasteiger partial charge in [-0.05, 0) is 63.4 Å². The topological polar surface area (TPSA) is 64.3 Å². The highest BCUT2D eigenvalue weighted by atomic mass is 16.2. The Labute approximate surface area is 148 Å². The van der Waals surface area contributed by atoms with Gasteiger partial charge >= 0.3 is 6.03 Å². The van der Waals surface area contributed by atoms with Crippen LogP contribution in [0.4, 0.5) is 4.79 Å². The average Bonchev–Trinajstić information content (AvgIpc) is 3.34. The SMILES string of the molecule is C[C@@H]1[C@@H](N2CCCC2)CCN1C(=O)NCCc1c[nH]c2ncccc12. The van der Waals surface area contributed by atoms with Crippen LogP contribution >= 0.6 is 0 Å². The number of hydrogen-bond donors (Lipinski definition) is 2. The molecule has 4 heterocycles. The summed E-state index contributed by atoms with van der Waals surface area (Å²) in [4.78, 5) is 24.7. The summed E-state index contributed by atoms with van der Waals surface area (Å²) in [5.74, 6) is 0. The van der Waals surface area contributed by atoms with Crippen molar-refractivity contribution >= 4 is 17.1 Å². The van der Waals surface area contributed by atoms with Crippen molar-refractivity contribution in [2.45, 2.75) is 44.7 Å². The normalized spacial score (nSPS) is 24.3. The van der Waals surface area contributed by atoms with E-state index in [9.17, 15) is 4.79 Å². The number of fused-ring (bicyclic) bond motifs is 1. The molecule has 134 valence electrons. The second kappa shape index (κ2) is 7.04. The molecule has 2 aromatic heterocycles. The van der Waals surface area contributed by atoms with E-state index in [0.29, 0.717) is 18.6 Å². The van der Waals surface area contributed by atoms with Crippen LogP contribution in [0, 0.1) is 0 Å². The molecular weight excluding hydrogens is 314 g/mol. The van der Waals surface area contributed by atoms with Crippen LogP contribution in [0.3, 0.4) is 0 Å². The quantitative estimate of drug-likeness (QED) is 0.897. The van der Waals surface area contributed by atoms with Gasteiger partial charge in [0.15, 0.2) is 0 Å². The number of amides is 2. The summed E-state index contributed by atoms with van der Waals surface area (Å²) >= 11 is 0. The fourth-order valence-corrected chi connectivity index (χ4v) is 4.40. The molecule has 0 bridgehead atoms. The van der Waals surface area contributed by atoms with Crippen LogP contribution < -0.4 is 5.32 Å². The zero-order valence-electron chi connectivity index (χ0n) is 14.9. The summed E-state index contributed by atoms with van der Waals surface area (Å²) in [6.45, 7) is 6.10. The number of hydrogen-bond acceptors (Lipinski definition) is 3. The van der Waals surface area contributed by atoms with Gasteiger partial charge in [0.1, 0.15) is 5.65 Å². The van der Waals surface area contributed by atoms with Crippen LogP contribution in [0.1, 0.15) is 31.7 Å². The number of carbonyl (C=O) groups is 1. The molecule has 4 rings (SSSR count). The molecule has 2 aromatic rings. The van der Waals surface area contributed by atoms with Gasteiger partial charge in [0.05, 0.1) is 0 Å². The fraction of sp³-hybridized carbons (Fsp3) is 0.579. The molecule has 2 aliphatic rings. The number of aromatic nitrogens is 2. The molecule has 2 fully saturated rings. The zero-order chi connectivity index (χ0) is 17.2. The van der Waals surface area contributed by atoms with Gasteiger partial charge in [-0.25, -0.2) is 9.78 Å². The number of pyridine rings is 1. The molecule has 25 heavy (non-hydrogen) atoms. The van der Waals surface area contributed by atoms with Gasteiger partial charge in [-0.1, -0.05) is 0 Å². The number of likely N-dealkylation sites (tertiary alicyclic amines) is 2. The minimum atomic E-state index is 0.0761. The van der Waals surface area contributed by atoms with Crippen LogP contribution in [0.25, 0.3) is 11.0 Å². The largest absolute Gasteiger partial charge is 0.346 e. The third-order valence-electron chi connectivity index (χ3n) is 5.79. The summed E-state index contributed by atoms with van der Waals surface area (Å²) < 4.78 is 0. The first-order valence-corrected chi connectivity index (χ1v) is 9.43. The number of H-pyrrole nitrogens is 1. The maximum absolute atomic E-state index is 12.6. The predicted octanol–water partition coefficient (Wildman–Crippen LogP) is 2.37. The fourth-order valence-electron chi connectivity index (χ4n) is 4.40. The summed E-state index contributed by atoms with van der Waals surface area (Å²) in [6, 6.07) is 4.93. The van der Waals surface area contributed by atoms with Gasteiger partial charge in [0.2, 0.25) is 0 Å². The van der Waals surface area contributed by atoms with E-state index in [-0.39, 0.29) is 6.03 Å². The second-order valence-corrected chi connectivity index (χ2v) is 7.23. The van der Waals surface area contributed by atoms with E-state index < -0.39 is 0 Å². The first-order chi connectivity index (χ1) is 12.2. The first-order valence-electron chi connectivity index (χ1n) is 9.43. The number of carbonyl (C=O) groups excluding carboxylic acids is 1. The van der Waals surface area contributed by atoms with Crippen LogP contribution in [-0.4, -0.2) is 64.1 Å². The van der Waals surface area contributed by atoms with Crippen LogP contribution in [0.5, 0.6) is 0 Å². The van der Waals surface area contributed by atoms with Gasteiger partial charge < -0.3 is 15.2 Å². The van der Waals surface area contributed by atoms with Gasteiger partial charge in [0.25, 0.3) is 0 Å². The van der Waals surface area contributed by atoms with Crippen molar-refractivity contribution < 1.29 is 4.79 Å². The minimum Gasteiger partial charge on any atom is -0.346 e. The third-order valence-corrected chi connectivity index (χ3v) is 5.79. The Morgan fingerprint density at radius 3 is 3.04 bits per heavy atom. The molecular formula is C19H27N5O. The van der Waals surface area contributed by atoms with Gasteiger partial charge in [0, 0.05) is 43.0 Å². The monoisotopic (exact) mass is 341 g/mol. The average molecular weight is 341 g/mol. The summed E-state index contributed by atoms with van der Waals surface area (Å²) in [7, 11) is 0. The molecule has 6 heteroatoms. The van der Waals surface area contributed by atoms with Crippen LogP contribution in [0.2, 0.25) is 0 Å². The lowest BCUT2D eigenvalue weighted by Gasteiger charge is -2.30. The lowest BCUT2D eigenvalue weighted by atomic mass is 10.1. The molecule has 0 aromatic carbocycles. The number of urea groups is 1. The Kier molecular flexibility index (Phi) is 4.61. The van der Waals surface area contributed by atoms with Gasteiger partial charge in [-0.15, -0.1) is 0 Å². The van der Waals surface area contributed by atoms with Crippen molar-refractivity contribution in [3.8, 4) is 0 Å². The van der Waals surface area contributed by atoms with E-state index in [2.05, 4.69) is 33.2 Å². The Morgan fingerprint density at radius 1 is 1.36 bits per heavy atom. The highest BCUT2D eigenvalue weighted by Gasteiger charge is 2.37. The van der Waals surface area contributed by atoms with Gasteiger partial charge in [-0.3, -0.25) is 4.90 Å². The van der Waals surface area contributed by atoms with Crippen molar-refractivity contribution in [1.29, 1.82) is 0 Å². The second-order valence-electron chi connectivity index (χ2n) is 7.23. The Balaban J connectivity index is 1.30. The predicted molar refractivity (Wildman–Crippen MR) is 98.6 cm³/mol. The lowest BCUT2D eigenvalue weighted by molar-refractivity contribution is 0.168. The van der Waals surface area contributed by atoms with Crippen molar-refractivity contribution in [3.63, 3.8) is 0 Å². The first kappa shape index (κ1) is 16.4. The molecule has 2 atom stereocenters. The molecule has 0 spiro atoms. The van der Waals surface area contributed by atoms with Crippen molar-refractivity contribution in [2.75, 3.05) is 26.2 Å². The summed E-state index contributed by atoms with van der Waals surface area (Å²) in [5.41, 5.74) is 2.11. The van der Waals surface area contributed by atoms with E-state index in [1.54, 1.807) is 6.20 Å². The molecule has 0 aliphatic carbocycles. The Bertz CT molecular complexity index is 736. The van der Waals surface area contributed by atoms with E-state index in [1.807, 2.05) is 17.2 Å². The summed E-state index contributed by atoms with van der Waals surface area (Å²) in [6.07, 6.45) is 8.29. The third kappa shape index (κ3) is 3.23. The number of nitrogens with zero attached hydrogens (tertiary/aromatic N) is 3. The summed E-state index contributed by atoms with van der Waals surface area (Å²) in [5, 5.41) is 4.24. The maximum atomic E-state index is 12.6. The molecule has 0 unspecified atom stereocenters. The smallest absolute Gasteiger partial charge is 0.317 e.